The van der Waals surface area contributed by atoms with Crippen LogP contribution in [0, 0.1) is 40.4 Å². The molecule has 4 nitrogen and oxygen atoms in total. The first kappa shape index (κ1) is 17.9. The minimum Gasteiger partial charge on any atom is -0.396 e. The van der Waals surface area contributed by atoms with E-state index in [0.29, 0.717) is 23.7 Å². The fourth-order valence-corrected chi connectivity index (χ4v) is 7.98. The average Bonchev–Trinajstić information content (AvgIpc) is 2.98. The summed E-state index contributed by atoms with van der Waals surface area (Å²) in [6, 6.07) is 0. The van der Waals surface area contributed by atoms with Crippen LogP contribution in [0.15, 0.2) is 0 Å². The van der Waals surface area contributed by atoms with Gasteiger partial charge in [0.15, 0.2) is 5.78 Å². The Morgan fingerprint density at radius 3 is 2.52 bits per heavy atom. The molecular weight excluding hydrogens is 316 g/mol. The number of carbonyl (C=O) groups is 1. The monoisotopic (exact) mass is 350 g/mol. The first-order valence-electron chi connectivity index (χ1n) is 10.4. The first-order valence-corrected chi connectivity index (χ1v) is 10.4. The number of hydrogen-bond donors (Lipinski definition) is 3. The lowest BCUT2D eigenvalue weighted by Gasteiger charge is -2.61. The Kier molecular flexibility index (Phi) is 4.53. The molecule has 4 aliphatic carbocycles. The molecule has 8 atom stereocenters. The van der Waals surface area contributed by atoms with E-state index < -0.39 is 0 Å². The van der Waals surface area contributed by atoms with E-state index in [1.165, 1.54) is 6.42 Å². The summed E-state index contributed by atoms with van der Waals surface area (Å²) in [6.45, 7) is 2.23. The predicted molar refractivity (Wildman–Crippen MR) is 94.7 cm³/mol. The molecule has 0 amide bonds. The lowest BCUT2D eigenvalue weighted by Crippen LogP contribution is -2.57. The topological polar surface area (TPSA) is 77.8 Å². The van der Waals surface area contributed by atoms with Gasteiger partial charge in [0, 0.05) is 12.5 Å². The lowest BCUT2D eigenvalue weighted by molar-refractivity contribution is -0.157. The zero-order valence-corrected chi connectivity index (χ0v) is 15.5. The van der Waals surface area contributed by atoms with Crippen molar-refractivity contribution in [2.75, 3.05) is 13.2 Å². The number of hydrogen-bond acceptors (Lipinski definition) is 4. The number of fused-ring (bicyclic) bond motifs is 5. The molecule has 4 rings (SSSR count). The zero-order valence-electron chi connectivity index (χ0n) is 15.5. The summed E-state index contributed by atoms with van der Waals surface area (Å²) in [6.07, 6.45) is 8.93. The SMILES string of the molecule is C[C@]12CC[C@H]3[C@@H](CC[C@H]4C[C@H](O)CC[C@@]43CO)[C@@H]1CC[C@@H]2C(=O)CO. The van der Waals surface area contributed by atoms with Gasteiger partial charge < -0.3 is 15.3 Å². The smallest absolute Gasteiger partial charge is 0.161 e. The molecular formula is C21H34O4. The second-order valence-corrected chi connectivity index (χ2v) is 9.77. The Balaban J connectivity index is 1.62. The van der Waals surface area contributed by atoms with E-state index >= 15 is 0 Å². The van der Waals surface area contributed by atoms with Crippen molar-refractivity contribution in [3.05, 3.63) is 0 Å². The van der Waals surface area contributed by atoms with Crippen molar-refractivity contribution in [1.29, 1.82) is 0 Å². The van der Waals surface area contributed by atoms with Gasteiger partial charge in [-0.25, -0.2) is 0 Å². The van der Waals surface area contributed by atoms with Gasteiger partial charge in [0.1, 0.15) is 6.61 Å². The van der Waals surface area contributed by atoms with E-state index in [0.717, 1.165) is 51.4 Å². The van der Waals surface area contributed by atoms with Crippen LogP contribution in [0.25, 0.3) is 0 Å². The molecule has 0 saturated heterocycles. The summed E-state index contributed by atoms with van der Waals surface area (Å²) in [7, 11) is 0. The molecule has 0 radical (unpaired) electrons. The molecule has 4 saturated carbocycles. The molecule has 0 aliphatic heterocycles. The van der Waals surface area contributed by atoms with E-state index in [1.54, 1.807) is 0 Å². The largest absolute Gasteiger partial charge is 0.396 e. The summed E-state index contributed by atoms with van der Waals surface area (Å²) in [5, 5.41) is 29.9. The number of aliphatic hydroxyl groups excluding tert-OH is 3. The minimum absolute atomic E-state index is 0.00253. The summed E-state index contributed by atoms with van der Waals surface area (Å²) in [5.41, 5.74) is 0.0429. The van der Waals surface area contributed by atoms with Crippen molar-refractivity contribution in [3.8, 4) is 0 Å². The Bertz CT molecular complexity index is 534. The van der Waals surface area contributed by atoms with Crippen LogP contribution < -0.4 is 0 Å². The van der Waals surface area contributed by atoms with Crippen LogP contribution >= 0.6 is 0 Å². The van der Waals surface area contributed by atoms with Gasteiger partial charge in [-0.1, -0.05) is 6.92 Å². The molecule has 0 bridgehead atoms. The lowest BCUT2D eigenvalue weighted by atomic mass is 9.44. The van der Waals surface area contributed by atoms with E-state index in [9.17, 15) is 20.1 Å². The maximum absolute atomic E-state index is 12.3. The highest BCUT2D eigenvalue weighted by molar-refractivity contribution is 5.83. The fraction of sp³-hybridized carbons (Fsp3) is 0.952. The van der Waals surface area contributed by atoms with Gasteiger partial charge in [0.25, 0.3) is 0 Å². The second kappa shape index (κ2) is 6.31. The quantitative estimate of drug-likeness (QED) is 0.731. The molecule has 3 N–H and O–H groups in total. The molecule has 0 spiro atoms. The molecule has 0 heterocycles. The Labute approximate surface area is 151 Å². The number of ketones is 1. The van der Waals surface area contributed by atoms with Crippen molar-refractivity contribution < 1.29 is 20.1 Å². The molecule has 4 fully saturated rings. The van der Waals surface area contributed by atoms with Crippen molar-refractivity contribution in [3.63, 3.8) is 0 Å². The highest BCUT2D eigenvalue weighted by atomic mass is 16.3. The Hall–Kier alpha value is -0.450. The van der Waals surface area contributed by atoms with E-state index in [4.69, 9.17) is 0 Å². The third-order valence-corrected chi connectivity index (χ3v) is 9.18. The van der Waals surface area contributed by atoms with E-state index in [-0.39, 0.29) is 41.8 Å². The summed E-state index contributed by atoms with van der Waals surface area (Å²) in [5.74, 6) is 2.24. The van der Waals surface area contributed by atoms with Gasteiger partial charge in [-0.2, -0.15) is 0 Å². The first-order chi connectivity index (χ1) is 12.0. The summed E-state index contributed by atoms with van der Waals surface area (Å²) in [4.78, 5) is 12.3. The van der Waals surface area contributed by atoms with Crippen LogP contribution in [0.3, 0.4) is 0 Å². The third kappa shape index (κ3) is 2.47. The molecule has 0 aromatic heterocycles. The number of rotatable bonds is 3. The molecule has 4 heteroatoms. The van der Waals surface area contributed by atoms with Crippen LogP contribution in [0.4, 0.5) is 0 Å². The second-order valence-electron chi connectivity index (χ2n) is 9.77. The zero-order chi connectivity index (χ0) is 17.8. The standard InChI is InChI=1S/C21H34O4/c1-20-8-7-17-15(16(20)4-5-18(20)19(25)11-22)3-2-13-10-14(24)6-9-21(13,17)12-23/h13-18,22-24H,2-12H2,1H3/t13-,14+,15-,16-,17-,18+,20-,21+/m0/s1. The number of Topliss-reactive ketones (excluding diaryl/α,β-unsaturated/α-hetero) is 1. The molecule has 142 valence electrons. The fourth-order valence-electron chi connectivity index (χ4n) is 7.98. The number of aliphatic hydroxyl groups is 3. The van der Waals surface area contributed by atoms with Crippen LogP contribution in [0.2, 0.25) is 0 Å². The van der Waals surface area contributed by atoms with Crippen LogP contribution in [0.1, 0.15) is 64.7 Å². The highest BCUT2D eigenvalue weighted by Crippen LogP contribution is 2.67. The average molecular weight is 350 g/mol. The number of carbonyl (C=O) groups excluding carboxylic acids is 1. The van der Waals surface area contributed by atoms with Crippen LogP contribution in [-0.2, 0) is 4.79 Å². The van der Waals surface area contributed by atoms with Gasteiger partial charge in [-0.15, -0.1) is 0 Å². The molecule has 25 heavy (non-hydrogen) atoms. The Morgan fingerprint density at radius 1 is 1.00 bits per heavy atom. The van der Waals surface area contributed by atoms with Crippen molar-refractivity contribution in [1.82, 2.24) is 0 Å². The maximum Gasteiger partial charge on any atom is 0.161 e. The van der Waals surface area contributed by atoms with Crippen molar-refractivity contribution in [2.24, 2.45) is 40.4 Å². The maximum atomic E-state index is 12.3. The molecule has 0 aromatic rings. The van der Waals surface area contributed by atoms with Crippen LogP contribution in [0.5, 0.6) is 0 Å². The summed E-state index contributed by atoms with van der Waals surface area (Å²) < 4.78 is 0. The van der Waals surface area contributed by atoms with Gasteiger partial charge in [-0.3, -0.25) is 4.79 Å². The molecule has 0 unspecified atom stereocenters. The van der Waals surface area contributed by atoms with Crippen molar-refractivity contribution in [2.45, 2.75) is 70.8 Å². The van der Waals surface area contributed by atoms with Gasteiger partial charge in [0.05, 0.1) is 6.10 Å². The van der Waals surface area contributed by atoms with Gasteiger partial charge in [0.2, 0.25) is 0 Å². The third-order valence-electron chi connectivity index (χ3n) is 9.18. The Morgan fingerprint density at radius 2 is 1.80 bits per heavy atom. The highest BCUT2D eigenvalue weighted by Gasteiger charge is 2.62. The minimum atomic E-state index is -0.318. The van der Waals surface area contributed by atoms with Gasteiger partial charge in [-0.05, 0) is 92.3 Å². The van der Waals surface area contributed by atoms with Crippen LogP contribution in [-0.4, -0.2) is 40.4 Å². The van der Waals surface area contributed by atoms with E-state index in [1.807, 2.05) is 0 Å². The predicted octanol–water partition coefficient (Wildman–Crippen LogP) is 2.54. The summed E-state index contributed by atoms with van der Waals surface area (Å²) >= 11 is 0. The van der Waals surface area contributed by atoms with Crippen molar-refractivity contribution >= 4 is 5.78 Å². The van der Waals surface area contributed by atoms with Gasteiger partial charge >= 0.3 is 0 Å². The molecule has 0 aromatic carbocycles. The normalized spacial score (nSPS) is 52.2. The molecule has 4 aliphatic rings. The van der Waals surface area contributed by atoms with E-state index in [2.05, 4.69) is 6.92 Å².